The van der Waals surface area contributed by atoms with Crippen molar-refractivity contribution in [2.75, 3.05) is 23.7 Å². The monoisotopic (exact) mass is 478 g/mol. The third-order valence-electron chi connectivity index (χ3n) is 5.07. The summed E-state index contributed by atoms with van der Waals surface area (Å²) in [5.74, 6) is 0.0812. The van der Waals surface area contributed by atoms with E-state index in [9.17, 15) is 9.59 Å². The Labute approximate surface area is 204 Å². The van der Waals surface area contributed by atoms with Crippen LogP contribution in [0.3, 0.4) is 0 Å². The smallest absolute Gasteiger partial charge is 0.315 e. The second-order valence-corrected chi connectivity index (χ2v) is 9.12. The molecule has 3 amide bonds. The van der Waals surface area contributed by atoms with E-state index in [4.69, 9.17) is 16.9 Å². The molecule has 3 aromatic rings. The largest absolute Gasteiger partial charge is 0.322 e. The third kappa shape index (κ3) is 5.94. The Bertz CT molecular complexity index is 1240. The van der Waals surface area contributed by atoms with Gasteiger partial charge in [0.15, 0.2) is 0 Å². The maximum Gasteiger partial charge on any atom is 0.322 e. The number of hydrogen-bond acceptors (Lipinski definition) is 4. The molecule has 176 valence electrons. The molecule has 0 aliphatic carbocycles. The summed E-state index contributed by atoms with van der Waals surface area (Å²) in [7, 11) is 0. The van der Waals surface area contributed by atoms with E-state index in [2.05, 4.69) is 15.7 Å². The predicted octanol–water partition coefficient (Wildman–Crippen LogP) is 5.19. The molecule has 0 unspecified atom stereocenters. The van der Waals surface area contributed by atoms with E-state index in [1.54, 1.807) is 41.9 Å². The number of amides is 3. The van der Waals surface area contributed by atoms with Crippen LogP contribution in [0, 0.1) is 11.3 Å². The standard InChI is InChI=1S/C25H27ClN6O2/c1-5-31(24(34)28-18-10-8-9-17(13-18)15-27)16-23(33)29-22-14-21(25(2,3)4)30-32(22)20-12-7-6-11-19(20)26/h6-14H,5,16H2,1-4H3,(H,28,34)(H,29,33). The number of nitrogens with one attached hydrogen (secondary N) is 2. The number of carbonyl (C=O) groups excluding carboxylic acids is 2. The summed E-state index contributed by atoms with van der Waals surface area (Å²) >= 11 is 6.38. The van der Waals surface area contributed by atoms with Gasteiger partial charge in [-0.2, -0.15) is 10.4 Å². The van der Waals surface area contributed by atoms with Gasteiger partial charge in [-0.1, -0.05) is 50.6 Å². The number of likely N-dealkylation sites (N-methyl/N-ethyl adjacent to an activating group) is 1. The topological polar surface area (TPSA) is 103 Å². The number of rotatable bonds is 6. The van der Waals surface area contributed by atoms with Crippen LogP contribution in [-0.4, -0.2) is 39.7 Å². The predicted molar refractivity (Wildman–Crippen MR) is 133 cm³/mol. The second-order valence-electron chi connectivity index (χ2n) is 8.71. The van der Waals surface area contributed by atoms with Gasteiger partial charge in [-0.3, -0.25) is 4.79 Å². The number of urea groups is 1. The molecule has 0 saturated carbocycles. The van der Waals surface area contributed by atoms with Crippen molar-refractivity contribution in [1.82, 2.24) is 14.7 Å². The van der Waals surface area contributed by atoms with Crippen LogP contribution < -0.4 is 10.6 Å². The van der Waals surface area contributed by atoms with Gasteiger partial charge in [0.2, 0.25) is 5.91 Å². The van der Waals surface area contributed by atoms with Crippen LogP contribution in [0.25, 0.3) is 5.69 Å². The van der Waals surface area contributed by atoms with E-state index in [1.807, 2.05) is 51.1 Å². The van der Waals surface area contributed by atoms with Crippen molar-refractivity contribution in [3.63, 3.8) is 0 Å². The summed E-state index contributed by atoms with van der Waals surface area (Å²) < 4.78 is 1.60. The number of nitriles is 1. The van der Waals surface area contributed by atoms with E-state index >= 15 is 0 Å². The van der Waals surface area contributed by atoms with Crippen LogP contribution in [0.2, 0.25) is 5.02 Å². The highest BCUT2D eigenvalue weighted by Crippen LogP contribution is 2.29. The average Bonchev–Trinajstić information content (AvgIpc) is 3.21. The van der Waals surface area contributed by atoms with Gasteiger partial charge in [-0.25, -0.2) is 9.48 Å². The highest BCUT2D eigenvalue weighted by Gasteiger charge is 2.23. The summed E-state index contributed by atoms with van der Waals surface area (Å²) in [6, 6.07) is 17.2. The lowest BCUT2D eigenvalue weighted by Crippen LogP contribution is -2.40. The molecule has 9 heteroatoms. The maximum atomic E-state index is 12.9. The van der Waals surface area contributed by atoms with Gasteiger partial charge in [0.05, 0.1) is 28.0 Å². The zero-order valence-electron chi connectivity index (χ0n) is 19.6. The van der Waals surface area contributed by atoms with Crippen LogP contribution >= 0.6 is 11.6 Å². The molecular formula is C25H27ClN6O2. The Kier molecular flexibility index (Phi) is 7.59. The Balaban J connectivity index is 1.79. The minimum atomic E-state index is -0.442. The summed E-state index contributed by atoms with van der Waals surface area (Å²) in [4.78, 5) is 27.0. The van der Waals surface area contributed by atoms with Gasteiger partial charge in [-0.05, 0) is 37.3 Å². The first-order valence-corrected chi connectivity index (χ1v) is 11.2. The third-order valence-corrected chi connectivity index (χ3v) is 5.39. The molecule has 3 rings (SSSR count). The minimum Gasteiger partial charge on any atom is -0.315 e. The molecule has 0 saturated heterocycles. The lowest BCUT2D eigenvalue weighted by molar-refractivity contribution is -0.116. The zero-order chi connectivity index (χ0) is 24.9. The molecular weight excluding hydrogens is 452 g/mol. The maximum absolute atomic E-state index is 12.9. The quantitative estimate of drug-likeness (QED) is 0.509. The van der Waals surface area contributed by atoms with Crippen molar-refractivity contribution < 1.29 is 9.59 Å². The van der Waals surface area contributed by atoms with Crippen LogP contribution in [0.15, 0.2) is 54.6 Å². The molecule has 1 aromatic heterocycles. The Morgan fingerprint density at radius 3 is 2.50 bits per heavy atom. The van der Waals surface area contributed by atoms with Gasteiger partial charge >= 0.3 is 6.03 Å². The van der Waals surface area contributed by atoms with E-state index in [0.717, 1.165) is 5.69 Å². The van der Waals surface area contributed by atoms with Crippen molar-refractivity contribution in [2.24, 2.45) is 0 Å². The van der Waals surface area contributed by atoms with E-state index in [1.165, 1.54) is 4.90 Å². The molecule has 0 atom stereocenters. The Morgan fingerprint density at radius 1 is 1.12 bits per heavy atom. The number of benzene rings is 2. The Morgan fingerprint density at radius 2 is 1.85 bits per heavy atom. The number of nitrogens with zero attached hydrogens (tertiary/aromatic N) is 4. The lowest BCUT2D eigenvalue weighted by atomic mass is 9.92. The summed E-state index contributed by atoms with van der Waals surface area (Å²) in [6.45, 7) is 8.02. The molecule has 0 aliphatic rings. The fourth-order valence-electron chi connectivity index (χ4n) is 3.20. The summed E-state index contributed by atoms with van der Waals surface area (Å²) in [5.41, 5.74) is 2.08. The van der Waals surface area contributed by atoms with Gasteiger partial charge in [0.1, 0.15) is 12.4 Å². The molecule has 34 heavy (non-hydrogen) atoms. The van der Waals surface area contributed by atoms with Crippen LogP contribution in [0.1, 0.15) is 39.0 Å². The van der Waals surface area contributed by atoms with Crippen molar-refractivity contribution in [3.8, 4) is 11.8 Å². The number of aromatic nitrogens is 2. The van der Waals surface area contributed by atoms with E-state index < -0.39 is 6.03 Å². The molecule has 0 bridgehead atoms. The first kappa shape index (κ1) is 24.8. The number of para-hydroxylation sites is 1. The Hall–Kier alpha value is -3.83. The normalized spacial score (nSPS) is 10.9. The van der Waals surface area contributed by atoms with E-state index in [0.29, 0.717) is 34.3 Å². The van der Waals surface area contributed by atoms with Gasteiger partial charge in [0, 0.05) is 23.7 Å². The average molecular weight is 479 g/mol. The van der Waals surface area contributed by atoms with Crippen LogP contribution in [0.4, 0.5) is 16.3 Å². The van der Waals surface area contributed by atoms with Crippen molar-refractivity contribution in [1.29, 1.82) is 5.26 Å². The molecule has 1 heterocycles. The highest BCUT2D eigenvalue weighted by atomic mass is 35.5. The van der Waals surface area contributed by atoms with Gasteiger partial charge in [0.25, 0.3) is 0 Å². The SMILES string of the molecule is CCN(CC(=O)Nc1cc(C(C)(C)C)nn1-c1ccccc1Cl)C(=O)Nc1cccc(C#N)c1. The first-order chi connectivity index (χ1) is 16.1. The fourth-order valence-corrected chi connectivity index (χ4v) is 3.41. The lowest BCUT2D eigenvalue weighted by Gasteiger charge is -2.21. The molecule has 2 N–H and O–H groups in total. The number of carbonyl (C=O) groups is 2. The minimum absolute atomic E-state index is 0.168. The van der Waals surface area contributed by atoms with Gasteiger partial charge in [-0.15, -0.1) is 0 Å². The van der Waals surface area contributed by atoms with Crippen molar-refractivity contribution >= 4 is 35.0 Å². The number of halogens is 1. The van der Waals surface area contributed by atoms with E-state index in [-0.39, 0.29) is 17.9 Å². The zero-order valence-corrected chi connectivity index (χ0v) is 20.3. The summed E-state index contributed by atoms with van der Waals surface area (Å²) in [6.07, 6.45) is 0. The fraction of sp³-hybridized carbons (Fsp3) is 0.280. The molecule has 0 spiro atoms. The number of anilines is 2. The second kappa shape index (κ2) is 10.4. The van der Waals surface area contributed by atoms with Crippen molar-refractivity contribution in [3.05, 3.63) is 70.9 Å². The molecule has 2 aromatic carbocycles. The summed E-state index contributed by atoms with van der Waals surface area (Å²) in [5, 5.41) is 19.8. The first-order valence-electron chi connectivity index (χ1n) is 10.8. The van der Waals surface area contributed by atoms with Crippen molar-refractivity contribution in [2.45, 2.75) is 33.1 Å². The number of hydrogen-bond donors (Lipinski definition) is 2. The molecule has 0 radical (unpaired) electrons. The molecule has 8 nitrogen and oxygen atoms in total. The highest BCUT2D eigenvalue weighted by molar-refractivity contribution is 6.32. The van der Waals surface area contributed by atoms with Crippen LogP contribution in [0.5, 0.6) is 0 Å². The molecule has 0 aliphatic heterocycles. The van der Waals surface area contributed by atoms with Gasteiger partial charge < -0.3 is 15.5 Å². The van der Waals surface area contributed by atoms with Crippen LogP contribution in [-0.2, 0) is 10.2 Å². The molecule has 0 fully saturated rings.